The Balaban J connectivity index is 2.09. The third kappa shape index (κ3) is 2.62. The van der Waals surface area contributed by atoms with Gasteiger partial charge in [0.05, 0.1) is 17.3 Å². The van der Waals surface area contributed by atoms with Crippen LogP contribution in [-0.4, -0.2) is 25.4 Å². The SMILES string of the molecule is ClCCc1nc2cc(Cl)cnc2n1Cc1ccccn1. The van der Waals surface area contributed by atoms with E-state index >= 15 is 0 Å². The minimum absolute atomic E-state index is 0.513. The molecule has 3 aromatic heterocycles. The van der Waals surface area contributed by atoms with E-state index in [-0.39, 0.29) is 0 Å². The Labute approximate surface area is 126 Å². The molecular formula is C14H12Cl2N4. The molecule has 3 heterocycles. The number of hydrogen-bond donors (Lipinski definition) is 0. The molecule has 0 unspecified atom stereocenters. The maximum Gasteiger partial charge on any atom is 0.160 e. The second-order valence-corrected chi connectivity index (χ2v) is 5.18. The molecule has 3 aromatic rings. The Morgan fingerprint density at radius 3 is 2.85 bits per heavy atom. The second-order valence-electron chi connectivity index (χ2n) is 4.37. The molecule has 0 fully saturated rings. The van der Waals surface area contributed by atoms with Gasteiger partial charge in [-0.2, -0.15) is 0 Å². The Morgan fingerprint density at radius 2 is 2.10 bits per heavy atom. The fraction of sp³-hybridized carbons (Fsp3) is 0.214. The van der Waals surface area contributed by atoms with Gasteiger partial charge < -0.3 is 4.57 Å². The van der Waals surface area contributed by atoms with Gasteiger partial charge in [-0.3, -0.25) is 4.98 Å². The summed E-state index contributed by atoms with van der Waals surface area (Å²) in [5.41, 5.74) is 2.55. The van der Waals surface area contributed by atoms with Gasteiger partial charge in [-0.1, -0.05) is 17.7 Å². The lowest BCUT2D eigenvalue weighted by Gasteiger charge is -2.07. The van der Waals surface area contributed by atoms with Crippen molar-refractivity contribution in [1.29, 1.82) is 0 Å². The van der Waals surface area contributed by atoms with Crippen molar-refractivity contribution >= 4 is 34.4 Å². The molecule has 0 spiro atoms. The van der Waals surface area contributed by atoms with Crippen LogP contribution in [0, 0.1) is 0 Å². The zero-order chi connectivity index (χ0) is 13.9. The van der Waals surface area contributed by atoms with Crippen LogP contribution < -0.4 is 0 Å². The third-order valence-electron chi connectivity index (χ3n) is 2.99. The highest BCUT2D eigenvalue weighted by molar-refractivity contribution is 6.31. The molecule has 0 atom stereocenters. The number of aryl methyl sites for hydroxylation is 1. The van der Waals surface area contributed by atoms with Crippen LogP contribution in [0.1, 0.15) is 11.5 Å². The van der Waals surface area contributed by atoms with Crippen LogP contribution in [-0.2, 0) is 13.0 Å². The third-order valence-corrected chi connectivity index (χ3v) is 3.39. The van der Waals surface area contributed by atoms with Crippen LogP contribution >= 0.6 is 23.2 Å². The molecule has 102 valence electrons. The van der Waals surface area contributed by atoms with Gasteiger partial charge in [0.25, 0.3) is 0 Å². The molecule has 0 aliphatic heterocycles. The van der Waals surface area contributed by atoms with E-state index in [1.165, 1.54) is 0 Å². The average molecular weight is 307 g/mol. The zero-order valence-electron chi connectivity index (χ0n) is 10.6. The van der Waals surface area contributed by atoms with Crippen molar-refractivity contribution in [2.75, 3.05) is 5.88 Å². The molecular weight excluding hydrogens is 295 g/mol. The van der Waals surface area contributed by atoms with Gasteiger partial charge in [0.15, 0.2) is 5.65 Å². The van der Waals surface area contributed by atoms with Gasteiger partial charge in [-0.05, 0) is 18.2 Å². The van der Waals surface area contributed by atoms with Gasteiger partial charge in [-0.15, -0.1) is 11.6 Å². The number of imidazole rings is 1. The van der Waals surface area contributed by atoms with E-state index in [1.54, 1.807) is 12.4 Å². The quantitative estimate of drug-likeness (QED) is 0.695. The normalized spacial score (nSPS) is 11.1. The molecule has 0 amide bonds. The number of aromatic nitrogens is 4. The first kappa shape index (κ1) is 13.3. The number of rotatable bonds is 4. The van der Waals surface area contributed by atoms with Crippen molar-refractivity contribution in [3.8, 4) is 0 Å². The van der Waals surface area contributed by atoms with Gasteiger partial charge in [0, 0.05) is 24.7 Å². The zero-order valence-corrected chi connectivity index (χ0v) is 12.1. The maximum absolute atomic E-state index is 5.97. The number of halogens is 2. The van der Waals surface area contributed by atoms with Crippen LogP contribution in [0.4, 0.5) is 0 Å². The van der Waals surface area contributed by atoms with Crippen molar-refractivity contribution in [1.82, 2.24) is 19.5 Å². The lowest BCUT2D eigenvalue weighted by atomic mass is 10.3. The molecule has 20 heavy (non-hydrogen) atoms. The lowest BCUT2D eigenvalue weighted by Crippen LogP contribution is -2.07. The molecule has 0 bridgehead atoms. The Kier molecular flexibility index (Phi) is 3.85. The highest BCUT2D eigenvalue weighted by Crippen LogP contribution is 2.19. The van der Waals surface area contributed by atoms with Crippen molar-refractivity contribution in [3.63, 3.8) is 0 Å². The Morgan fingerprint density at radius 1 is 1.20 bits per heavy atom. The van der Waals surface area contributed by atoms with Gasteiger partial charge in [-0.25, -0.2) is 9.97 Å². The molecule has 6 heteroatoms. The molecule has 0 aliphatic carbocycles. The van der Waals surface area contributed by atoms with Crippen molar-refractivity contribution in [2.45, 2.75) is 13.0 Å². The fourth-order valence-electron chi connectivity index (χ4n) is 2.13. The first-order valence-corrected chi connectivity index (χ1v) is 7.15. The Bertz CT molecular complexity index is 725. The maximum atomic E-state index is 5.97. The van der Waals surface area contributed by atoms with Crippen molar-refractivity contribution in [3.05, 3.63) is 53.2 Å². The predicted octanol–water partition coefficient (Wildman–Crippen LogP) is 3.31. The number of nitrogens with zero attached hydrogens (tertiary/aromatic N) is 4. The summed E-state index contributed by atoms with van der Waals surface area (Å²) in [6, 6.07) is 7.66. The molecule has 0 N–H and O–H groups in total. The smallest absolute Gasteiger partial charge is 0.160 e. The molecule has 0 aromatic carbocycles. The second kappa shape index (κ2) is 5.77. The predicted molar refractivity (Wildman–Crippen MR) is 80.3 cm³/mol. The van der Waals surface area contributed by atoms with E-state index in [4.69, 9.17) is 23.2 Å². The van der Waals surface area contributed by atoms with E-state index < -0.39 is 0 Å². The molecule has 0 saturated heterocycles. The summed E-state index contributed by atoms with van der Waals surface area (Å²) in [6.45, 7) is 0.623. The van der Waals surface area contributed by atoms with Crippen LogP contribution in [0.25, 0.3) is 11.2 Å². The number of hydrogen-bond acceptors (Lipinski definition) is 3. The lowest BCUT2D eigenvalue weighted by molar-refractivity contribution is 0.731. The van der Waals surface area contributed by atoms with E-state index in [0.29, 0.717) is 23.9 Å². The topological polar surface area (TPSA) is 43.6 Å². The molecule has 4 nitrogen and oxygen atoms in total. The summed E-state index contributed by atoms with van der Waals surface area (Å²) in [5, 5.41) is 0.581. The first-order chi connectivity index (χ1) is 9.78. The number of alkyl halides is 1. The number of pyridine rings is 2. The van der Waals surface area contributed by atoms with E-state index in [1.807, 2.05) is 28.8 Å². The van der Waals surface area contributed by atoms with E-state index in [0.717, 1.165) is 22.7 Å². The minimum atomic E-state index is 0.513. The fourth-order valence-corrected chi connectivity index (χ4v) is 2.45. The first-order valence-electron chi connectivity index (χ1n) is 6.24. The average Bonchev–Trinajstić information content (AvgIpc) is 2.77. The summed E-state index contributed by atoms with van der Waals surface area (Å²) in [7, 11) is 0. The van der Waals surface area contributed by atoms with Crippen LogP contribution in [0.5, 0.6) is 0 Å². The van der Waals surface area contributed by atoms with E-state index in [9.17, 15) is 0 Å². The standard InChI is InChI=1S/C14H12Cl2N4/c15-5-4-13-19-12-7-10(16)8-18-14(12)20(13)9-11-3-1-2-6-17-11/h1-3,6-8H,4-5,9H2. The summed E-state index contributed by atoms with van der Waals surface area (Å²) in [4.78, 5) is 13.3. The summed E-state index contributed by atoms with van der Waals surface area (Å²) < 4.78 is 2.04. The van der Waals surface area contributed by atoms with Crippen molar-refractivity contribution < 1.29 is 0 Å². The van der Waals surface area contributed by atoms with Gasteiger partial charge >= 0.3 is 0 Å². The molecule has 3 rings (SSSR count). The van der Waals surface area contributed by atoms with Crippen LogP contribution in [0.3, 0.4) is 0 Å². The number of fused-ring (bicyclic) bond motifs is 1. The highest BCUT2D eigenvalue weighted by Gasteiger charge is 2.12. The summed E-state index contributed by atoms with van der Waals surface area (Å²) >= 11 is 11.8. The highest BCUT2D eigenvalue weighted by atomic mass is 35.5. The molecule has 0 aliphatic rings. The van der Waals surface area contributed by atoms with Gasteiger partial charge in [0.1, 0.15) is 11.3 Å². The van der Waals surface area contributed by atoms with Gasteiger partial charge in [0.2, 0.25) is 0 Å². The van der Waals surface area contributed by atoms with Crippen molar-refractivity contribution in [2.24, 2.45) is 0 Å². The monoisotopic (exact) mass is 306 g/mol. The molecule has 0 saturated carbocycles. The van der Waals surface area contributed by atoms with E-state index in [2.05, 4.69) is 15.0 Å². The molecule has 0 radical (unpaired) electrons. The Hall–Kier alpha value is -1.65. The van der Waals surface area contributed by atoms with Crippen LogP contribution in [0.15, 0.2) is 36.7 Å². The minimum Gasteiger partial charge on any atom is -0.307 e. The summed E-state index contributed by atoms with van der Waals surface area (Å²) in [5.74, 6) is 1.41. The summed E-state index contributed by atoms with van der Waals surface area (Å²) in [6.07, 6.45) is 4.09. The van der Waals surface area contributed by atoms with Crippen LogP contribution in [0.2, 0.25) is 5.02 Å². The largest absolute Gasteiger partial charge is 0.307 e.